The second kappa shape index (κ2) is 6.20. The van der Waals surface area contributed by atoms with Crippen molar-refractivity contribution in [2.24, 2.45) is 0 Å². The first-order chi connectivity index (χ1) is 12.2. The van der Waals surface area contributed by atoms with Crippen LogP contribution in [0.4, 0.5) is 5.82 Å². The zero-order chi connectivity index (χ0) is 17.2. The summed E-state index contributed by atoms with van der Waals surface area (Å²) in [5.41, 5.74) is 9.78. The summed E-state index contributed by atoms with van der Waals surface area (Å²) < 4.78 is 1.40. The molecule has 2 aromatic heterocycles. The molecule has 2 heterocycles. The zero-order valence-electron chi connectivity index (χ0n) is 13.5. The van der Waals surface area contributed by atoms with Crippen molar-refractivity contribution >= 4 is 22.6 Å². The van der Waals surface area contributed by atoms with Crippen LogP contribution in [0.3, 0.4) is 0 Å². The van der Waals surface area contributed by atoms with E-state index in [-0.39, 0.29) is 12.3 Å². The lowest BCUT2D eigenvalue weighted by Crippen LogP contribution is -2.15. The number of rotatable bonds is 3. The number of aromatic nitrogens is 3. The molecule has 2 aromatic carbocycles. The molecule has 0 amide bonds. The molecule has 0 aliphatic rings. The average molecular weight is 328 g/mol. The fraction of sp³-hybridized carbons (Fsp3) is 0.0500. The Labute approximate surface area is 144 Å². The molecule has 4 aromatic rings. The van der Waals surface area contributed by atoms with Crippen LogP contribution in [0.5, 0.6) is 0 Å². The molecule has 0 radical (unpaired) electrons. The number of nitrogens with two attached hydrogens (primary N) is 1. The van der Waals surface area contributed by atoms with Crippen molar-refractivity contribution in [2.75, 3.05) is 5.73 Å². The van der Waals surface area contributed by atoms with Gasteiger partial charge in [0.15, 0.2) is 5.82 Å². The summed E-state index contributed by atoms with van der Waals surface area (Å²) in [4.78, 5) is 16.7. The highest BCUT2D eigenvalue weighted by molar-refractivity contribution is 5.99. The fourth-order valence-corrected chi connectivity index (χ4v) is 2.90. The minimum absolute atomic E-state index is 0.107. The van der Waals surface area contributed by atoms with Gasteiger partial charge >= 0.3 is 0 Å². The molecule has 4 rings (SSSR count). The van der Waals surface area contributed by atoms with Gasteiger partial charge in [0.25, 0.3) is 5.91 Å². The minimum atomic E-state index is -0.107. The van der Waals surface area contributed by atoms with Crippen LogP contribution < -0.4 is 5.73 Å². The average Bonchev–Trinajstić information content (AvgIpc) is 3.00. The van der Waals surface area contributed by atoms with E-state index >= 15 is 0 Å². The minimum Gasteiger partial charge on any atom is -0.382 e. The van der Waals surface area contributed by atoms with Gasteiger partial charge in [-0.25, -0.2) is 0 Å². The molecular formula is C20H16N4O. The van der Waals surface area contributed by atoms with E-state index in [1.54, 1.807) is 12.4 Å². The molecule has 122 valence electrons. The van der Waals surface area contributed by atoms with Gasteiger partial charge in [0, 0.05) is 17.8 Å². The number of hydrogen-bond donors (Lipinski definition) is 1. The van der Waals surface area contributed by atoms with Crippen LogP contribution in [0, 0.1) is 0 Å². The topological polar surface area (TPSA) is 73.8 Å². The quantitative estimate of drug-likeness (QED) is 0.624. The first-order valence-corrected chi connectivity index (χ1v) is 7.98. The van der Waals surface area contributed by atoms with Gasteiger partial charge in [-0.2, -0.15) is 4.68 Å². The lowest BCUT2D eigenvalue weighted by molar-refractivity contribution is 0.0904. The van der Waals surface area contributed by atoms with E-state index in [0.29, 0.717) is 5.82 Å². The molecule has 25 heavy (non-hydrogen) atoms. The van der Waals surface area contributed by atoms with Gasteiger partial charge in [0.1, 0.15) is 0 Å². The summed E-state index contributed by atoms with van der Waals surface area (Å²) in [6.07, 6.45) is 3.77. The van der Waals surface area contributed by atoms with E-state index in [1.807, 2.05) is 60.7 Å². The van der Waals surface area contributed by atoms with Crippen LogP contribution >= 0.6 is 0 Å². The number of carbonyl (C=O) groups is 1. The lowest BCUT2D eigenvalue weighted by Gasteiger charge is -2.04. The second-order valence-electron chi connectivity index (χ2n) is 5.82. The number of nitrogen functional groups attached to an aromatic ring is 1. The van der Waals surface area contributed by atoms with E-state index < -0.39 is 0 Å². The van der Waals surface area contributed by atoms with Gasteiger partial charge in [-0.1, -0.05) is 36.4 Å². The molecule has 0 unspecified atom stereocenters. The summed E-state index contributed by atoms with van der Waals surface area (Å²) >= 11 is 0. The predicted molar refractivity (Wildman–Crippen MR) is 98.1 cm³/mol. The van der Waals surface area contributed by atoms with Gasteiger partial charge in [0.05, 0.1) is 11.9 Å². The highest BCUT2D eigenvalue weighted by Gasteiger charge is 2.15. The molecule has 0 aliphatic carbocycles. The summed E-state index contributed by atoms with van der Waals surface area (Å²) in [5.74, 6) is 0.247. The number of fused-ring (bicyclic) bond motifs is 1. The van der Waals surface area contributed by atoms with Gasteiger partial charge in [0.2, 0.25) is 0 Å². The summed E-state index contributed by atoms with van der Waals surface area (Å²) in [6.45, 7) is 0. The molecule has 0 aliphatic heterocycles. The van der Waals surface area contributed by atoms with Crippen LogP contribution in [-0.2, 0) is 6.42 Å². The number of pyridine rings is 1. The number of benzene rings is 2. The molecular weight excluding hydrogens is 312 g/mol. The Morgan fingerprint density at radius 2 is 1.72 bits per heavy atom. The van der Waals surface area contributed by atoms with Crippen molar-refractivity contribution < 1.29 is 4.79 Å². The van der Waals surface area contributed by atoms with Crippen LogP contribution in [-0.4, -0.2) is 20.7 Å². The number of carbonyl (C=O) groups excluding carboxylic acids is 1. The zero-order valence-corrected chi connectivity index (χ0v) is 13.5. The van der Waals surface area contributed by atoms with Crippen LogP contribution in [0.2, 0.25) is 0 Å². The van der Waals surface area contributed by atoms with Crippen molar-refractivity contribution in [3.05, 3.63) is 78.6 Å². The first-order valence-electron chi connectivity index (χ1n) is 7.98. The van der Waals surface area contributed by atoms with E-state index in [9.17, 15) is 4.79 Å². The molecule has 0 spiro atoms. The van der Waals surface area contributed by atoms with E-state index in [4.69, 9.17) is 5.73 Å². The molecule has 0 saturated heterocycles. The maximum Gasteiger partial charge on any atom is 0.251 e. The van der Waals surface area contributed by atoms with E-state index in [0.717, 1.165) is 27.6 Å². The number of hydrogen-bond acceptors (Lipinski definition) is 4. The normalized spacial score (nSPS) is 10.9. The van der Waals surface area contributed by atoms with Crippen LogP contribution in [0.1, 0.15) is 10.4 Å². The van der Waals surface area contributed by atoms with Crippen molar-refractivity contribution in [1.82, 2.24) is 14.8 Å². The molecule has 0 saturated carbocycles. The first kappa shape index (κ1) is 15.1. The van der Waals surface area contributed by atoms with Crippen molar-refractivity contribution in [3.63, 3.8) is 0 Å². The van der Waals surface area contributed by atoms with Gasteiger partial charge in [-0.15, -0.1) is 5.10 Å². The molecule has 5 nitrogen and oxygen atoms in total. The third-order valence-electron chi connectivity index (χ3n) is 4.16. The predicted octanol–water partition coefficient (Wildman–Crippen LogP) is 3.56. The van der Waals surface area contributed by atoms with Crippen LogP contribution in [0.15, 0.2) is 73.1 Å². The van der Waals surface area contributed by atoms with Gasteiger partial charge in [-0.05, 0) is 41.0 Å². The SMILES string of the molecule is Nc1nn(C(=O)Cc2ccccc2)c2ccc(-c3ccncc3)cc12. The molecule has 2 N–H and O–H groups in total. The van der Waals surface area contributed by atoms with Crippen LogP contribution in [0.25, 0.3) is 22.0 Å². The Hall–Kier alpha value is -3.47. The fourth-order valence-electron chi connectivity index (χ4n) is 2.90. The van der Waals surface area contributed by atoms with Crippen molar-refractivity contribution in [2.45, 2.75) is 6.42 Å². The van der Waals surface area contributed by atoms with Crippen molar-refractivity contribution in [3.8, 4) is 11.1 Å². The maximum atomic E-state index is 12.6. The second-order valence-corrected chi connectivity index (χ2v) is 5.82. The highest BCUT2D eigenvalue weighted by Crippen LogP contribution is 2.27. The molecule has 0 fully saturated rings. The number of nitrogens with zero attached hydrogens (tertiary/aromatic N) is 3. The lowest BCUT2D eigenvalue weighted by atomic mass is 10.1. The third-order valence-corrected chi connectivity index (χ3v) is 4.16. The maximum absolute atomic E-state index is 12.6. The Morgan fingerprint density at radius 1 is 0.960 bits per heavy atom. The van der Waals surface area contributed by atoms with Crippen molar-refractivity contribution in [1.29, 1.82) is 0 Å². The smallest absolute Gasteiger partial charge is 0.251 e. The van der Waals surface area contributed by atoms with Gasteiger partial charge in [-0.3, -0.25) is 9.78 Å². The Bertz CT molecular complexity index is 1040. The van der Waals surface area contributed by atoms with E-state index in [2.05, 4.69) is 10.1 Å². The van der Waals surface area contributed by atoms with Gasteiger partial charge < -0.3 is 5.73 Å². The van der Waals surface area contributed by atoms with E-state index in [1.165, 1.54) is 4.68 Å². The monoisotopic (exact) mass is 328 g/mol. The highest BCUT2D eigenvalue weighted by atomic mass is 16.2. The molecule has 0 bridgehead atoms. The third kappa shape index (κ3) is 2.87. The standard InChI is InChI=1S/C20H16N4O/c21-20-17-13-16(15-8-10-22-11-9-15)6-7-18(17)24(23-20)19(25)12-14-4-2-1-3-5-14/h1-11,13H,12H2,(H2,21,23). The summed E-state index contributed by atoms with van der Waals surface area (Å²) in [6, 6.07) is 19.3. The molecule has 5 heteroatoms. The number of anilines is 1. The Morgan fingerprint density at radius 3 is 2.48 bits per heavy atom. The Kier molecular flexibility index (Phi) is 3.74. The molecule has 0 atom stereocenters. The largest absolute Gasteiger partial charge is 0.382 e. The summed E-state index contributed by atoms with van der Waals surface area (Å²) in [5, 5.41) is 5.03. The Balaban J connectivity index is 1.73. The summed E-state index contributed by atoms with van der Waals surface area (Å²) in [7, 11) is 0.